The second-order valence-electron chi connectivity index (χ2n) is 5.47. The number of hydrogen-bond acceptors (Lipinski definition) is 4. The Morgan fingerprint density at radius 2 is 2.27 bits per heavy atom. The largest absolute Gasteiger partial charge is 0.356 e. The third-order valence-electron chi connectivity index (χ3n) is 4.06. The average molecular weight is 309 g/mol. The van der Waals surface area contributed by atoms with Gasteiger partial charge in [0.2, 0.25) is 0 Å². The minimum absolute atomic E-state index is 0.00317. The van der Waals surface area contributed by atoms with Crippen molar-refractivity contribution in [3.63, 3.8) is 0 Å². The molecule has 0 aliphatic carbocycles. The van der Waals surface area contributed by atoms with Crippen LogP contribution in [0.1, 0.15) is 31.1 Å². The number of hydrogen-bond donors (Lipinski definition) is 0. The van der Waals surface area contributed by atoms with E-state index in [1.807, 2.05) is 28.3 Å². The number of ether oxygens (including phenoxy) is 1. The van der Waals surface area contributed by atoms with Crippen molar-refractivity contribution in [2.45, 2.75) is 25.5 Å². The first kappa shape index (κ1) is 13.5. The Balaban J connectivity index is 1.92. The van der Waals surface area contributed by atoms with Crippen LogP contribution in [0.4, 0.5) is 0 Å². The summed E-state index contributed by atoms with van der Waals surface area (Å²) in [6.07, 6.45) is 3.26. The van der Waals surface area contributed by atoms with Crippen molar-refractivity contribution in [1.82, 2.24) is 9.78 Å². The summed E-state index contributed by atoms with van der Waals surface area (Å²) in [6, 6.07) is 10.0. The van der Waals surface area contributed by atoms with Gasteiger partial charge in [-0.1, -0.05) is 0 Å². The second-order valence-corrected chi connectivity index (χ2v) is 6.25. The highest BCUT2D eigenvalue weighted by atomic mass is 32.1. The van der Waals surface area contributed by atoms with Gasteiger partial charge in [0.1, 0.15) is 5.69 Å². The van der Waals surface area contributed by atoms with E-state index in [1.165, 1.54) is 0 Å². The van der Waals surface area contributed by atoms with Crippen molar-refractivity contribution < 1.29 is 4.74 Å². The lowest BCUT2D eigenvalue weighted by Crippen LogP contribution is -2.19. The molecule has 1 fully saturated rings. The molecule has 3 heterocycles. The molecule has 5 heteroatoms. The lowest BCUT2D eigenvalue weighted by molar-refractivity contribution is -0.0365. The van der Waals surface area contributed by atoms with E-state index in [4.69, 9.17) is 9.84 Å². The van der Waals surface area contributed by atoms with Crippen molar-refractivity contribution in [3.05, 3.63) is 40.6 Å². The van der Waals surface area contributed by atoms with E-state index in [1.54, 1.807) is 11.3 Å². The van der Waals surface area contributed by atoms with Gasteiger partial charge in [0, 0.05) is 22.9 Å². The maximum absolute atomic E-state index is 9.17. The Bertz CT molecular complexity index is 839. The maximum Gasteiger partial charge on any atom is 0.150 e. The first-order valence-corrected chi connectivity index (χ1v) is 8.37. The minimum Gasteiger partial charge on any atom is -0.356 e. The van der Waals surface area contributed by atoms with Gasteiger partial charge in [-0.15, -0.1) is 0 Å². The molecule has 1 aromatic carbocycles. The number of nitriles is 1. The number of aromatic nitrogens is 2. The number of rotatable bonds is 2. The van der Waals surface area contributed by atoms with Gasteiger partial charge < -0.3 is 4.74 Å². The molecule has 2 aromatic heterocycles. The van der Waals surface area contributed by atoms with Crippen LogP contribution in [-0.4, -0.2) is 16.4 Å². The highest BCUT2D eigenvalue weighted by Gasteiger charge is 2.21. The molecular weight excluding hydrogens is 294 g/mol. The van der Waals surface area contributed by atoms with Gasteiger partial charge >= 0.3 is 0 Å². The Kier molecular flexibility index (Phi) is 3.41. The highest BCUT2D eigenvalue weighted by Crippen LogP contribution is 2.34. The summed E-state index contributed by atoms with van der Waals surface area (Å²) in [5.74, 6) is 0. The molecule has 0 saturated carbocycles. The fraction of sp³-hybridized carbons (Fsp3) is 0.294. The third-order valence-corrected chi connectivity index (χ3v) is 4.74. The highest BCUT2D eigenvalue weighted by molar-refractivity contribution is 7.08. The average Bonchev–Trinajstić information content (AvgIpc) is 3.22. The lowest BCUT2D eigenvalue weighted by Gasteiger charge is -2.23. The Labute approximate surface area is 132 Å². The number of nitrogens with zero attached hydrogens (tertiary/aromatic N) is 3. The van der Waals surface area contributed by atoms with Crippen LogP contribution in [0.3, 0.4) is 0 Å². The van der Waals surface area contributed by atoms with Gasteiger partial charge in [0.15, 0.2) is 6.23 Å². The predicted molar refractivity (Wildman–Crippen MR) is 86.6 cm³/mol. The van der Waals surface area contributed by atoms with Gasteiger partial charge in [-0.2, -0.15) is 21.7 Å². The van der Waals surface area contributed by atoms with Gasteiger partial charge in [-0.05, 0) is 48.9 Å². The van der Waals surface area contributed by atoms with Gasteiger partial charge in [-0.25, -0.2) is 4.68 Å². The van der Waals surface area contributed by atoms with Crippen LogP contribution in [0, 0.1) is 11.3 Å². The van der Waals surface area contributed by atoms with Crippen molar-refractivity contribution in [1.29, 1.82) is 5.26 Å². The van der Waals surface area contributed by atoms with E-state index in [0.29, 0.717) is 5.56 Å². The Morgan fingerprint density at radius 1 is 1.32 bits per heavy atom. The van der Waals surface area contributed by atoms with Crippen LogP contribution in [0.2, 0.25) is 0 Å². The third kappa shape index (κ3) is 2.21. The van der Waals surface area contributed by atoms with Crippen LogP contribution >= 0.6 is 11.3 Å². The molecule has 110 valence electrons. The maximum atomic E-state index is 9.17. The zero-order chi connectivity index (χ0) is 14.9. The quantitative estimate of drug-likeness (QED) is 0.707. The fourth-order valence-corrected chi connectivity index (χ4v) is 3.60. The topological polar surface area (TPSA) is 50.8 Å². The Morgan fingerprint density at radius 3 is 3.00 bits per heavy atom. The number of fused-ring (bicyclic) bond motifs is 1. The van der Waals surface area contributed by atoms with Gasteiger partial charge in [-0.3, -0.25) is 0 Å². The molecule has 1 aliphatic heterocycles. The summed E-state index contributed by atoms with van der Waals surface area (Å²) >= 11 is 1.65. The molecule has 1 aliphatic rings. The van der Waals surface area contributed by atoms with Crippen molar-refractivity contribution in [2.75, 3.05) is 6.61 Å². The summed E-state index contributed by atoms with van der Waals surface area (Å²) in [4.78, 5) is 0. The Hall–Kier alpha value is -2.16. The molecule has 22 heavy (non-hydrogen) atoms. The van der Waals surface area contributed by atoms with E-state index < -0.39 is 0 Å². The minimum atomic E-state index is -0.00317. The van der Waals surface area contributed by atoms with Crippen LogP contribution in [0.5, 0.6) is 0 Å². The summed E-state index contributed by atoms with van der Waals surface area (Å²) < 4.78 is 7.89. The monoisotopic (exact) mass is 309 g/mol. The van der Waals surface area contributed by atoms with E-state index in [-0.39, 0.29) is 6.23 Å². The standard InChI is InChI=1S/C17H15N3OS/c18-10-12-4-5-15-14(9-12)17(13-6-8-22-11-13)19-20(15)16-3-1-2-7-21-16/h4-6,8-9,11,16H,1-3,7H2. The molecule has 4 nitrogen and oxygen atoms in total. The molecule has 1 saturated heterocycles. The molecule has 1 unspecified atom stereocenters. The summed E-state index contributed by atoms with van der Waals surface area (Å²) in [5, 5.41) is 19.2. The number of benzene rings is 1. The molecule has 3 aromatic rings. The normalized spacial score (nSPS) is 18.4. The zero-order valence-electron chi connectivity index (χ0n) is 12.0. The van der Waals surface area contributed by atoms with Crippen molar-refractivity contribution in [2.24, 2.45) is 0 Å². The molecule has 0 spiro atoms. The van der Waals surface area contributed by atoms with E-state index in [0.717, 1.165) is 48.0 Å². The number of thiophene rings is 1. The van der Waals surface area contributed by atoms with E-state index in [9.17, 15) is 5.26 Å². The zero-order valence-corrected chi connectivity index (χ0v) is 12.8. The SMILES string of the molecule is N#Cc1ccc2c(c1)c(-c1ccsc1)nn2C1CCCCO1. The molecule has 0 radical (unpaired) electrons. The van der Waals surface area contributed by atoms with E-state index in [2.05, 4.69) is 17.5 Å². The first-order valence-electron chi connectivity index (χ1n) is 7.43. The van der Waals surface area contributed by atoms with Crippen molar-refractivity contribution >= 4 is 22.2 Å². The summed E-state index contributed by atoms with van der Waals surface area (Å²) in [5.41, 5.74) is 3.72. The smallest absolute Gasteiger partial charge is 0.150 e. The van der Waals surface area contributed by atoms with E-state index >= 15 is 0 Å². The molecular formula is C17H15N3OS. The van der Waals surface area contributed by atoms with Crippen LogP contribution in [-0.2, 0) is 4.74 Å². The second kappa shape index (κ2) is 5.56. The van der Waals surface area contributed by atoms with Gasteiger partial charge in [0.05, 0.1) is 17.1 Å². The fourth-order valence-electron chi connectivity index (χ4n) is 2.96. The molecule has 1 atom stereocenters. The lowest BCUT2D eigenvalue weighted by atomic mass is 10.1. The first-order chi connectivity index (χ1) is 10.9. The van der Waals surface area contributed by atoms with Gasteiger partial charge in [0.25, 0.3) is 0 Å². The molecule has 4 rings (SSSR count). The van der Waals surface area contributed by atoms with Crippen LogP contribution in [0.15, 0.2) is 35.0 Å². The predicted octanol–water partition coefficient (Wildman–Crippen LogP) is 4.34. The summed E-state index contributed by atoms with van der Waals surface area (Å²) in [6.45, 7) is 0.788. The van der Waals surface area contributed by atoms with Crippen LogP contribution < -0.4 is 0 Å². The molecule has 0 N–H and O–H groups in total. The summed E-state index contributed by atoms with van der Waals surface area (Å²) in [7, 11) is 0. The van der Waals surface area contributed by atoms with Crippen LogP contribution in [0.25, 0.3) is 22.2 Å². The molecule has 0 amide bonds. The van der Waals surface area contributed by atoms with Crippen molar-refractivity contribution in [3.8, 4) is 17.3 Å². The molecule has 0 bridgehead atoms.